The lowest BCUT2D eigenvalue weighted by Crippen LogP contribution is -1.97. The highest BCUT2D eigenvalue weighted by molar-refractivity contribution is 6.08. The minimum atomic E-state index is -0.484. The van der Waals surface area contributed by atoms with Gasteiger partial charge in [0.05, 0.1) is 16.6 Å². The largest absolute Gasteiger partial charge is 0.289 e. The van der Waals surface area contributed by atoms with Crippen molar-refractivity contribution in [3.8, 4) is 6.07 Å². The van der Waals surface area contributed by atoms with Gasteiger partial charge in [0, 0.05) is 17.7 Å². The minimum absolute atomic E-state index is 0.00620. The number of nitriles is 1. The second-order valence-corrected chi connectivity index (χ2v) is 4.20. The Morgan fingerprint density at radius 2 is 1.81 bits per heavy atom. The van der Waals surface area contributed by atoms with Crippen molar-refractivity contribution in [2.24, 2.45) is 0 Å². The summed E-state index contributed by atoms with van der Waals surface area (Å²) in [7, 11) is 0. The number of nitrogens with zero attached hydrogens (tertiary/aromatic N) is 2. The third-order valence-corrected chi connectivity index (χ3v) is 2.84. The Hall–Kier alpha value is -3.26. The molecule has 0 bridgehead atoms. The molecular formula is C16H10N2O3. The van der Waals surface area contributed by atoms with Crippen LogP contribution in [0.15, 0.2) is 54.6 Å². The molecule has 2 rings (SSSR count). The molecule has 0 N–H and O–H groups in total. The average molecular weight is 278 g/mol. The van der Waals surface area contributed by atoms with Crippen LogP contribution >= 0.6 is 0 Å². The standard InChI is InChI=1S/C16H10N2O3/c17-11-13-3-1-2-4-15(13)16(19)10-7-12-5-8-14(9-6-12)18(20)21/h1-10H. The summed E-state index contributed by atoms with van der Waals surface area (Å²) in [5.41, 5.74) is 1.31. The topological polar surface area (TPSA) is 84.0 Å². The molecule has 2 aromatic rings. The van der Waals surface area contributed by atoms with Gasteiger partial charge in [0.2, 0.25) is 0 Å². The number of hydrogen-bond acceptors (Lipinski definition) is 4. The van der Waals surface area contributed by atoms with E-state index in [9.17, 15) is 14.9 Å². The second kappa shape index (κ2) is 6.26. The fourth-order valence-corrected chi connectivity index (χ4v) is 1.76. The van der Waals surface area contributed by atoms with Gasteiger partial charge in [-0.1, -0.05) is 18.2 Å². The minimum Gasteiger partial charge on any atom is -0.289 e. The van der Waals surface area contributed by atoms with E-state index in [2.05, 4.69) is 0 Å². The Morgan fingerprint density at radius 3 is 2.43 bits per heavy atom. The summed E-state index contributed by atoms with van der Waals surface area (Å²) in [5, 5.41) is 19.5. The summed E-state index contributed by atoms with van der Waals surface area (Å²) in [6, 6.07) is 14.3. The third-order valence-electron chi connectivity index (χ3n) is 2.84. The van der Waals surface area contributed by atoms with Crippen molar-refractivity contribution < 1.29 is 9.72 Å². The third kappa shape index (κ3) is 3.39. The van der Waals surface area contributed by atoms with Gasteiger partial charge in [-0.3, -0.25) is 14.9 Å². The van der Waals surface area contributed by atoms with E-state index in [0.29, 0.717) is 16.7 Å². The summed E-state index contributed by atoms with van der Waals surface area (Å²) in [6.45, 7) is 0. The van der Waals surface area contributed by atoms with E-state index in [-0.39, 0.29) is 11.5 Å². The van der Waals surface area contributed by atoms with Gasteiger partial charge >= 0.3 is 0 Å². The van der Waals surface area contributed by atoms with Gasteiger partial charge in [0.15, 0.2) is 5.78 Å². The molecule has 0 fully saturated rings. The highest BCUT2D eigenvalue weighted by atomic mass is 16.6. The van der Waals surface area contributed by atoms with Crippen molar-refractivity contribution in [1.82, 2.24) is 0 Å². The molecule has 0 aliphatic rings. The molecule has 0 unspecified atom stereocenters. The van der Waals surface area contributed by atoms with Crippen molar-refractivity contribution in [3.05, 3.63) is 81.4 Å². The SMILES string of the molecule is N#Cc1ccccc1C(=O)C=Cc1ccc([N+](=O)[O-])cc1. The molecule has 0 amide bonds. The van der Waals surface area contributed by atoms with Gasteiger partial charge < -0.3 is 0 Å². The number of rotatable bonds is 4. The smallest absolute Gasteiger partial charge is 0.269 e. The molecule has 2 aromatic carbocycles. The van der Waals surface area contributed by atoms with E-state index in [1.807, 2.05) is 6.07 Å². The fraction of sp³-hybridized carbons (Fsp3) is 0. The summed E-state index contributed by atoms with van der Waals surface area (Å²) in [5.74, 6) is -0.287. The van der Waals surface area contributed by atoms with Crippen LogP contribution in [0.3, 0.4) is 0 Å². The molecule has 102 valence electrons. The van der Waals surface area contributed by atoms with E-state index < -0.39 is 4.92 Å². The second-order valence-electron chi connectivity index (χ2n) is 4.20. The van der Waals surface area contributed by atoms with Gasteiger partial charge in [0.1, 0.15) is 0 Å². The Bertz CT molecular complexity index is 756. The molecule has 0 heterocycles. The van der Waals surface area contributed by atoms with Gasteiger partial charge in [-0.2, -0.15) is 5.26 Å². The predicted molar refractivity (Wildman–Crippen MR) is 77.6 cm³/mol. The van der Waals surface area contributed by atoms with E-state index in [1.165, 1.54) is 18.2 Å². The normalized spacial score (nSPS) is 10.2. The van der Waals surface area contributed by atoms with E-state index in [4.69, 9.17) is 5.26 Å². The van der Waals surface area contributed by atoms with Gasteiger partial charge in [-0.25, -0.2) is 0 Å². The number of hydrogen-bond donors (Lipinski definition) is 0. The summed E-state index contributed by atoms with van der Waals surface area (Å²) < 4.78 is 0. The maximum atomic E-state index is 12.0. The number of carbonyl (C=O) groups is 1. The quantitative estimate of drug-likeness (QED) is 0.371. The van der Waals surface area contributed by atoms with Crippen molar-refractivity contribution in [3.63, 3.8) is 0 Å². The van der Waals surface area contributed by atoms with Crippen LogP contribution in [0.25, 0.3) is 6.08 Å². The number of non-ortho nitro benzene ring substituents is 1. The Kier molecular flexibility index (Phi) is 4.22. The lowest BCUT2D eigenvalue weighted by molar-refractivity contribution is -0.384. The first kappa shape index (κ1) is 14.2. The first-order valence-corrected chi connectivity index (χ1v) is 6.08. The molecule has 5 nitrogen and oxygen atoms in total. The first-order chi connectivity index (χ1) is 10.1. The summed E-state index contributed by atoms with van der Waals surface area (Å²) in [6.07, 6.45) is 2.90. The molecule has 0 spiro atoms. The van der Waals surface area contributed by atoms with Gasteiger partial charge in [0.25, 0.3) is 5.69 Å². The van der Waals surface area contributed by atoms with Crippen molar-refractivity contribution in [2.75, 3.05) is 0 Å². The van der Waals surface area contributed by atoms with Crippen LogP contribution in [0, 0.1) is 21.4 Å². The molecule has 0 saturated heterocycles. The van der Waals surface area contributed by atoms with Crippen molar-refractivity contribution in [2.45, 2.75) is 0 Å². The van der Waals surface area contributed by atoms with E-state index >= 15 is 0 Å². The zero-order chi connectivity index (χ0) is 15.2. The highest BCUT2D eigenvalue weighted by Gasteiger charge is 2.07. The van der Waals surface area contributed by atoms with Crippen LogP contribution in [-0.4, -0.2) is 10.7 Å². The Labute approximate surface area is 120 Å². The Balaban J connectivity index is 2.19. The van der Waals surface area contributed by atoms with Crippen LogP contribution in [0.5, 0.6) is 0 Å². The molecule has 21 heavy (non-hydrogen) atoms. The predicted octanol–water partition coefficient (Wildman–Crippen LogP) is 3.36. The lowest BCUT2D eigenvalue weighted by atomic mass is 10.0. The Morgan fingerprint density at radius 1 is 1.14 bits per heavy atom. The molecule has 0 atom stereocenters. The number of carbonyl (C=O) groups excluding carboxylic acids is 1. The fourth-order valence-electron chi connectivity index (χ4n) is 1.76. The number of ketones is 1. The van der Waals surface area contributed by atoms with Gasteiger partial charge in [-0.05, 0) is 35.9 Å². The molecule has 0 radical (unpaired) electrons. The molecule has 5 heteroatoms. The van der Waals surface area contributed by atoms with Crippen LogP contribution in [0.2, 0.25) is 0 Å². The highest BCUT2D eigenvalue weighted by Crippen LogP contribution is 2.14. The maximum Gasteiger partial charge on any atom is 0.269 e. The number of nitro groups is 1. The molecule has 0 aliphatic heterocycles. The van der Waals surface area contributed by atoms with Crippen LogP contribution in [0.4, 0.5) is 5.69 Å². The summed E-state index contributed by atoms with van der Waals surface area (Å²) in [4.78, 5) is 22.1. The maximum absolute atomic E-state index is 12.0. The molecule has 0 aliphatic carbocycles. The van der Waals surface area contributed by atoms with Crippen LogP contribution in [-0.2, 0) is 0 Å². The molecular weight excluding hydrogens is 268 g/mol. The lowest BCUT2D eigenvalue weighted by Gasteiger charge is -1.98. The number of nitro benzene ring substituents is 1. The van der Waals surface area contributed by atoms with Gasteiger partial charge in [-0.15, -0.1) is 0 Å². The van der Waals surface area contributed by atoms with Crippen LogP contribution in [0.1, 0.15) is 21.5 Å². The van der Waals surface area contributed by atoms with Crippen molar-refractivity contribution >= 4 is 17.5 Å². The first-order valence-electron chi connectivity index (χ1n) is 6.08. The van der Waals surface area contributed by atoms with E-state index in [0.717, 1.165) is 0 Å². The molecule has 0 aromatic heterocycles. The number of allylic oxidation sites excluding steroid dienone is 1. The zero-order valence-corrected chi connectivity index (χ0v) is 10.9. The summed E-state index contributed by atoms with van der Waals surface area (Å²) >= 11 is 0. The average Bonchev–Trinajstić information content (AvgIpc) is 2.52. The van der Waals surface area contributed by atoms with E-state index in [1.54, 1.807) is 42.5 Å². The zero-order valence-electron chi connectivity index (χ0n) is 10.9. The van der Waals surface area contributed by atoms with Crippen molar-refractivity contribution in [1.29, 1.82) is 5.26 Å². The van der Waals surface area contributed by atoms with Crippen LogP contribution < -0.4 is 0 Å². The molecule has 0 saturated carbocycles. The number of benzene rings is 2. The monoisotopic (exact) mass is 278 g/mol.